The molecule has 2 aromatic heterocycles. The summed E-state index contributed by atoms with van der Waals surface area (Å²) in [6.07, 6.45) is 6.59. The second-order valence-corrected chi connectivity index (χ2v) is 5.29. The molecule has 1 fully saturated rings. The van der Waals surface area contributed by atoms with Gasteiger partial charge in [0.25, 0.3) is 5.56 Å². The van der Waals surface area contributed by atoms with E-state index >= 15 is 0 Å². The molecule has 1 aliphatic rings. The second kappa shape index (κ2) is 5.58. The maximum absolute atomic E-state index is 11.8. The fourth-order valence-electron chi connectivity index (χ4n) is 2.66. The molecule has 0 amide bonds. The van der Waals surface area contributed by atoms with Crippen molar-refractivity contribution in [1.29, 1.82) is 0 Å². The molecule has 0 aromatic carbocycles. The molecule has 2 aromatic rings. The van der Waals surface area contributed by atoms with Crippen LogP contribution >= 0.6 is 0 Å². The molecule has 1 saturated heterocycles. The molecule has 3 rings (SSSR count). The van der Waals surface area contributed by atoms with Gasteiger partial charge in [-0.25, -0.2) is 4.98 Å². The Bertz CT molecular complexity index is 619. The normalized spacial score (nSPS) is 19.6. The minimum absolute atomic E-state index is 0.0281. The first-order valence-electron chi connectivity index (χ1n) is 6.97. The number of nitrogens with zero attached hydrogens (tertiary/aromatic N) is 5. The van der Waals surface area contributed by atoms with Crippen LogP contribution in [0.2, 0.25) is 0 Å². The van der Waals surface area contributed by atoms with Gasteiger partial charge in [0.1, 0.15) is 0 Å². The van der Waals surface area contributed by atoms with E-state index in [1.165, 1.54) is 0 Å². The van der Waals surface area contributed by atoms with Crippen LogP contribution in [-0.4, -0.2) is 43.9 Å². The van der Waals surface area contributed by atoms with Crippen LogP contribution in [0.5, 0.6) is 0 Å². The van der Waals surface area contributed by atoms with Gasteiger partial charge in [-0.3, -0.25) is 18.9 Å². The van der Waals surface area contributed by atoms with Crippen molar-refractivity contribution in [1.82, 2.24) is 24.2 Å². The number of hydrogen-bond donors (Lipinski definition) is 0. The predicted octanol–water partition coefficient (Wildman–Crippen LogP) is 0.695. The molecule has 0 N–H and O–H groups in total. The van der Waals surface area contributed by atoms with E-state index in [1.54, 1.807) is 17.0 Å². The third-order valence-corrected chi connectivity index (χ3v) is 3.82. The van der Waals surface area contributed by atoms with Crippen molar-refractivity contribution in [2.24, 2.45) is 0 Å². The Kier molecular flexibility index (Phi) is 3.64. The zero-order chi connectivity index (χ0) is 13.9. The van der Waals surface area contributed by atoms with Gasteiger partial charge in [0.2, 0.25) is 0 Å². The van der Waals surface area contributed by atoms with Gasteiger partial charge < -0.3 is 0 Å². The molecular weight excluding hydrogens is 254 g/mol. The molecule has 0 spiro atoms. The van der Waals surface area contributed by atoms with E-state index in [0.717, 1.165) is 31.7 Å². The summed E-state index contributed by atoms with van der Waals surface area (Å²) >= 11 is 0. The third-order valence-electron chi connectivity index (χ3n) is 3.82. The molecule has 0 aliphatic carbocycles. The molecule has 0 saturated carbocycles. The Morgan fingerprint density at radius 2 is 2.30 bits per heavy atom. The lowest BCUT2D eigenvalue weighted by Gasteiger charge is -2.16. The topological polar surface area (TPSA) is 56.0 Å². The van der Waals surface area contributed by atoms with Crippen molar-refractivity contribution >= 4 is 0 Å². The van der Waals surface area contributed by atoms with E-state index in [2.05, 4.69) is 15.0 Å². The highest BCUT2D eigenvalue weighted by atomic mass is 16.1. The van der Waals surface area contributed by atoms with Crippen molar-refractivity contribution in [3.8, 4) is 0 Å². The third kappa shape index (κ3) is 2.80. The van der Waals surface area contributed by atoms with E-state index in [1.807, 2.05) is 30.1 Å². The fraction of sp³-hybridized carbons (Fsp3) is 0.500. The van der Waals surface area contributed by atoms with Crippen LogP contribution in [0.1, 0.15) is 18.2 Å². The Balaban J connectivity index is 1.56. The van der Waals surface area contributed by atoms with Gasteiger partial charge in [-0.1, -0.05) is 0 Å². The monoisotopic (exact) mass is 273 g/mol. The fourth-order valence-corrected chi connectivity index (χ4v) is 2.66. The quantitative estimate of drug-likeness (QED) is 0.822. The molecule has 1 aliphatic heterocycles. The van der Waals surface area contributed by atoms with Gasteiger partial charge in [0, 0.05) is 50.3 Å². The SMILES string of the molecule is Cc1cc(=O)n(CCN2CCC(n3cccn3)C2)cn1. The summed E-state index contributed by atoms with van der Waals surface area (Å²) < 4.78 is 3.70. The van der Waals surface area contributed by atoms with Crippen molar-refractivity contribution in [3.05, 3.63) is 46.9 Å². The zero-order valence-electron chi connectivity index (χ0n) is 11.6. The number of aryl methyl sites for hydroxylation is 1. The Morgan fingerprint density at radius 3 is 3.05 bits per heavy atom. The molecule has 0 radical (unpaired) electrons. The van der Waals surface area contributed by atoms with Crippen LogP contribution in [0.4, 0.5) is 0 Å². The zero-order valence-corrected chi connectivity index (χ0v) is 11.6. The summed E-state index contributed by atoms with van der Waals surface area (Å²) in [5, 5.41) is 4.30. The molecule has 106 valence electrons. The Hall–Kier alpha value is -1.95. The average Bonchev–Trinajstić information content (AvgIpc) is 3.08. The number of rotatable bonds is 4. The number of aromatic nitrogens is 4. The highest BCUT2D eigenvalue weighted by Gasteiger charge is 2.23. The van der Waals surface area contributed by atoms with Gasteiger partial charge in [-0.2, -0.15) is 5.10 Å². The summed E-state index contributed by atoms with van der Waals surface area (Å²) in [5.41, 5.74) is 0.798. The summed E-state index contributed by atoms with van der Waals surface area (Å²) in [4.78, 5) is 18.3. The molecule has 20 heavy (non-hydrogen) atoms. The molecule has 6 nitrogen and oxygen atoms in total. The minimum atomic E-state index is 0.0281. The van der Waals surface area contributed by atoms with Crippen molar-refractivity contribution in [3.63, 3.8) is 0 Å². The molecule has 3 heterocycles. The predicted molar refractivity (Wildman–Crippen MR) is 75.6 cm³/mol. The van der Waals surface area contributed by atoms with Crippen LogP contribution in [0.3, 0.4) is 0 Å². The van der Waals surface area contributed by atoms with Gasteiger partial charge in [0.05, 0.1) is 12.4 Å². The van der Waals surface area contributed by atoms with Crippen LogP contribution in [0.15, 0.2) is 35.6 Å². The summed E-state index contributed by atoms with van der Waals surface area (Å²) in [5.74, 6) is 0. The number of hydrogen-bond acceptors (Lipinski definition) is 4. The smallest absolute Gasteiger partial charge is 0.253 e. The van der Waals surface area contributed by atoms with E-state index in [9.17, 15) is 4.79 Å². The van der Waals surface area contributed by atoms with Crippen LogP contribution in [0.25, 0.3) is 0 Å². The van der Waals surface area contributed by atoms with Crippen molar-refractivity contribution < 1.29 is 0 Å². The van der Waals surface area contributed by atoms with Crippen molar-refractivity contribution in [2.75, 3.05) is 19.6 Å². The van der Waals surface area contributed by atoms with E-state index in [0.29, 0.717) is 12.6 Å². The standard InChI is InChI=1S/C14H19N5O/c1-12-9-14(20)18(11-15-12)8-7-17-6-3-13(10-17)19-5-2-4-16-19/h2,4-5,9,11,13H,3,6-8,10H2,1H3. The average molecular weight is 273 g/mol. The van der Waals surface area contributed by atoms with Crippen LogP contribution < -0.4 is 5.56 Å². The lowest BCUT2D eigenvalue weighted by molar-refractivity contribution is 0.303. The Labute approximate surface area is 117 Å². The van der Waals surface area contributed by atoms with Gasteiger partial charge in [0.15, 0.2) is 0 Å². The maximum atomic E-state index is 11.8. The van der Waals surface area contributed by atoms with Crippen LogP contribution in [0, 0.1) is 6.92 Å². The van der Waals surface area contributed by atoms with E-state index < -0.39 is 0 Å². The highest BCUT2D eigenvalue weighted by molar-refractivity contribution is 4.96. The highest BCUT2D eigenvalue weighted by Crippen LogP contribution is 2.19. The van der Waals surface area contributed by atoms with Gasteiger partial charge in [-0.05, 0) is 19.4 Å². The summed E-state index contributed by atoms with van der Waals surface area (Å²) in [6.45, 7) is 5.45. The second-order valence-electron chi connectivity index (χ2n) is 5.29. The van der Waals surface area contributed by atoms with E-state index in [-0.39, 0.29) is 5.56 Å². The van der Waals surface area contributed by atoms with Gasteiger partial charge in [-0.15, -0.1) is 0 Å². The maximum Gasteiger partial charge on any atom is 0.253 e. The first kappa shape index (κ1) is 13.1. The lowest BCUT2D eigenvalue weighted by atomic mass is 10.3. The molecule has 1 atom stereocenters. The summed E-state index contributed by atoms with van der Waals surface area (Å²) in [6, 6.07) is 3.99. The minimum Gasteiger partial charge on any atom is -0.299 e. The molecule has 6 heteroatoms. The lowest BCUT2D eigenvalue weighted by Crippen LogP contribution is -2.30. The number of likely N-dealkylation sites (tertiary alicyclic amines) is 1. The van der Waals surface area contributed by atoms with Gasteiger partial charge >= 0.3 is 0 Å². The van der Waals surface area contributed by atoms with Crippen molar-refractivity contribution in [2.45, 2.75) is 25.9 Å². The summed E-state index contributed by atoms with van der Waals surface area (Å²) in [7, 11) is 0. The molecular formula is C14H19N5O. The first-order chi connectivity index (χ1) is 9.72. The first-order valence-corrected chi connectivity index (χ1v) is 6.97. The Morgan fingerprint density at radius 1 is 1.40 bits per heavy atom. The van der Waals surface area contributed by atoms with Crippen LogP contribution in [-0.2, 0) is 6.54 Å². The molecule has 1 unspecified atom stereocenters. The molecule has 0 bridgehead atoms. The van der Waals surface area contributed by atoms with E-state index in [4.69, 9.17) is 0 Å². The largest absolute Gasteiger partial charge is 0.299 e.